The van der Waals surface area contributed by atoms with Crippen LogP contribution in [-0.4, -0.2) is 19.7 Å². The summed E-state index contributed by atoms with van der Waals surface area (Å²) in [4.78, 5) is 17.8. The number of urea groups is 1. The van der Waals surface area contributed by atoms with Gasteiger partial charge in [-0.25, -0.2) is 10.3 Å². The van der Waals surface area contributed by atoms with Crippen LogP contribution in [0.3, 0.4) is 0 Å². The maximum absolute atomic E-state index is 11.6. The first-order chi connectivity index (χ1) is 7.24. The number of hydrogen-bond acceptors (Lipinski definition) is 2. The van der Waals surface area contributed by atoms with Crippen molar-refractivity contribution in [3.05, 3.63) is 28.8 Å². The number of nitrogens with zero attached hydrogens (tertiary/aromatic N) is 1. The second-order valence-corrected chi connectivity index (χ2v) is 3.66. The normalized spacial score (nSPS) is 13.9. The number of hydroxylamine groups is 1. The average molecular weight is 227 g/mol. The predicted molar refractivity (Wildman–Crippen MR) is 58.0 cm³/mol. The van der Waals surface area contributed by atoms with Gasteiger partial charge in [-0.05, 0) is 24.1 Å². The lowest BCUT2D eigenvalue weighted by molar-refractivity contribution is 0.111. The van der Waals surface area contributed by atoms with Gasteiger partial charge in [-0.1, -0.05) is 17.7 Å². The Morgan fingerprint density at radius 1 is 1.60 bits per heavy atom. The van der Waals surface area contributed by atoms with Gasteiger partial charge in [0.05, 0.1) is 12.8 Å². The molecule has 0 atom stereocenters. The summed E-state index contributed by atoms with van der Waals surface area (Å²) in [6, 6.07) is 5.28. The molecule has 0 saturated carbocycles. The number of benzene rings is 1. The fourth-order valence-electron chi connectivity index (χ4n) is 1.75. The largest absolute Gasteiger partial charge is 0.345 e. The lowest BCUT2D eigenvalue weighted by atomic mass is 10.2. The maximum Gasteiger partial charge on any atom is 0.345 e. The predicted octanol–water partition coefficient (Wildman–Crippen LogP) is 1.97. The van der Waals surface area contributed by atoms with Crippen molar-refractivity contribution in [2.45, 2.75) is 6.42 Å². The van der Waals surface area contributed by atoms with E-state index in [-0.39, 0.29) is 6.03 Å². The standard InChI is InChI=1S/C10H11ClN2O2/c1-15-12-10(14)13-6-5-7-8(11)3-2-4-9(7)13/h2-4H,5-6H2,1H3,(H,12,14). The summed E-state index contributed by atoms with van der Waals surface area (Å²) in [5, 5.41) is 0.709. The van der Waals surface area contributed by atoms with Gasteiger partial charge in [0, 0.05) is 11.6 Å². The van der Waals surface area contributed by atoms with Gasteiger partial charge in [0.25, 0.3) is 0 Å². The lowest BCUT2D eigenvalue weighted by Gasteiger charge is -2.16. The maximum atomic E-state index is 11.6. The first-order valence-corrected chi connectivity index (χ1v) is 4.99. The third kappa shape index (κ3) is 1.78. The molecule has 80 valence electrons. The molecule has 0 saturated heterocycles. The van der Waals surface area contributed by atoms with Gasteiger partial charge < -0.3 is 0 Å². The van der Waals surface area contributed by atoms with Crippen molar-refractivity contribution < 1.29 is 9.63 Å². The number of amides is 2. The molecule has 0 unspecified atom stereocenters. The highest BCUT2D eigenvalue weighted by atomic mass is 35.5. The van der Waals surface area contributed by atoms with Crippen LogP contribution in [-0.2, 0) is 11.3 Å². The molecule has 2 rings (SSSR count). The van der Waals surface area contributed by atoms with Gasteiger partial charge in [0.1, 0.15) is 0 Å². The van der Waals surface area contributed by atoms with Crippen molar-refractivity contribution in [3.8, 4) is 0 Å². The molecule has 0 aromatic heterocycles. The molecule has 0 aliphatic carbocycles. The molecule has 5 heteroatoms. The second-order valence-electron chi connectivity index (χ2n) is 3.25. The molecule has 4 nitrogen and oxygen atoms in total. The van der Waals surface area contributed by atoms with E-state index in [1.54, 1.807) is 4.90 Å². The number of nitrogens with one attached hydrogen (secondary N) is 1. The van der Waals surface area contributed by atoms with Crippen molar-refractivity contribution in [2.75, 3.05) is 18.6 Å². The molecule has 0 spiro atoms. The Bertz CT molecular complexity index is 395. The molecule has 0 bridgehead atoms. The molecular weight excluding hydrogens is 216 g/mol. The highest BCUT2D eigenvalue weighted by Gasteiger charge is 2.25. The number of halogens is 1. The fraction of sp³-hybridized carbons (Fsp3) is 0.300. The van der Waals surface area contributed by atoms with Crippen LogP contribution < -0.4 is 10.4 Å². The van der Waals surface area contributed by atoms with E-state index >= 15 is 0 Å². The van der Waals surface area contributed by atoms with E-state index < -0.39 is 0 Å². The van der Waals surface area contributed by atoms with Gasteiger partial charge in [-0.2, -0.15) is 0 Å². The van der Waals surface area contributed by atoms with E-state index in [9.17, 15) is 4.79 Å². The second kappa shape index (κ2) is 4.08. The van der Waals surface area contributed by atoms with Crippen LogP contribution in [0.15, 0.2) is 18.2 Å². The zero-order valence-electron chi connectivity index (χ0n) is 8.29. The van der Waals surface area contributed by atoms with E-state index in [4.69, 9.17) is 11.6 Å². The van der Waals surface area contributed by atoms with Crippen LogP contribution in [0.4, 0.5) is 10.5 Å². The minimum absolute atomic E-state index is 0.265. The average Bonchev–Trinajstić information content (AvgIpc) is 2.63. The molecule has 1 heterocycles. The van der Waals surface area contributed by atoms with Gasteiger partial charge in [0.15, 0.2) is 0 Å². The zero-order valence-corrected chi connectivity index (χ0v) is 9.04. The topological polar surface area (TPSA) is 41.6 Å². The van der Waals surface area contributed by atoms with Crippen molar-refractivity contribution in [3.63, 3.8) is 0 Å². The number of hydrogen-bond donors (Lipinski definition) is 1. The molecule has 1 aromatic rings. The molecule has 15 heavy (non-hydrogen) atoms. The Labute approximate surface area is 92.7 Å². The molecule has 1 aliphatic heterocycles. The summed E-state index contributed by atoms with van der Waals surface area (Å²) >= 11 is 6.03. The van der Waals surface area contributed by atoms with E-state index in [2.05, 4.69) is 10.3 Å². The van der Waals surface area contributed by atoms with Crippen LogP contribution >= 0.6 is 11.6 Å². The van der Waals surface area contributed by atoms with Crippen molar-refractivity contribution in [1.29, 1.82) is 0 Å². The van der Waals surface area contributed by atoms with E-state index in [1.165, 1.54) is 7.11 Å². The Balaban J connectivity index is 2.29. The van der Waals surface area contributed by atoms with Crippen LogP contribution in [0.25, 0.3) is 0 Å². The molecule has 1 N–H and O–H groups in total. The van der Waals surface area contributed by atoms with Crippen LogP contribution in [0.5, 0.6) is 0 Å². The number of rotatable bonds is 1. The smallest absolute Gasteiger partial charge is 0.292 e. The quantitative estimate of drug-likeness (QED) is 0.744. The Morgan fingerprint density at radius 3 is 3.13 bits per heavy atom. The summed E-state index contributed by atoms with van der Waals surface area (Å²) in [7, 11) is 1.41. The number of fused-ring (bicyclic) bond motifs is 1. The first kappa shape index (κ1) is 10.3. The van der Waals surface area contributed by atoms with Crippen molar-refractivity contribution in [1.82, 2.24) is 5.48 Å². The molecule has 1 aliphatic rings. The summed E-state index contributed by atoms with van der Waals surface area (Å²) in [6.07, 6.45) is 0.784. The summed E-state index contributed by atoms with van der Waals surface area (Å²) in [5.41, 5.74) is 4.17. The zero-order chi connectivity index (χ0) is 10.8. The van der Waals surface area contributed by atoms with E-state index in [1.807, 2.05) is 18.2 Å². The van der Waals surface area contributed by atoms with Crippen molar-refractivity contribution in [2.24, 2.45) is 0 Å². The van der Waals surface area contributed by atoms with Crippen molar-refractivity contribution >= 4 is 23.3 Å². The van der Waals surface area contributed by atoms with E-state index in [0.717, 1.165) is 17.7 Å². The highest BCUT2D eigenvalue weighted by molar-refractivity contribution is 6.32. The summed E-state index contributed by atoms with van der Waals surface area (Å²) < 4.78 is 0. The summed E-state index contributed by atoms with van der Waals surface area (Å²) in [5.74, 6) is 0. The molecule has 0 radical (unpaired) electrons. The third-order valence-electron chi connectivity index (χ3n) is 2.40. The number of carbonyl (C=O) groups is 1. The molecule has 0 fully saturated rings. The third-order valence-corrected chi connectivity index (χ3v) is 2.76. The Morgan fingerprint density at radius 2 is 2.40 bits per heavy atom. The van der Waals surface area contributed by atoms with Gasteiger partial charge in [0.2, 0.25) is 0 Å². The number of carbonyl (C=O) groups excluding carboxylic acids is 1. The van der Waals surface area contributed by atoms with Gasteiger partial charge >= 0.3 is 6.03 Å². The first-order valence-electron chi connectivity index (χ1n) is 4.62. The van der Waals surface area contributed by atoms with Gasteiger partial charge in [-0.15, -0.1) is 0 Å². The number of anilines is 1. The van der Waals surface area contributed by atoms with E-state index in [0.29, 0.717) is 11.6 Å². The van der Waals surface area contributed by atoms with Crippen LogP contribution in [0.2, 0.25) is 5.02 Å². The molecular formula is C10H11ClN2O2. The highest BCUT2D eigenvalue weighted by Crippen LogP contribution is 2.33. The minimum atomic E-state index is -0.265. The van der Waals surface area contributed by atoms with Crippen LogP contribution in [0.1, 0.15) is 5.56 Å². The minimum Gasteiger partial charge on any atom is -0.292 e. The Kier molecular flexibility index (Phi) is 2.79. The SMILES string of the molecule is CONC(=O)N1CCc2c(Cl)cccc21. The fourth-order valence-corrected chi connectivity index (χ4v) is 2.01. The molecule has 1 aromatic carbocycles. The lowest BCUT2D eigenvalue weighted by Crippen LogP contribution is -2.38. The molecule has 2 amide bonds. The summed E-state index contributed by atoms with van der Waals surface area (Å²) in [6.45, 7) is 0.633. The van der Waals surface area contributed by atoms with Crippen LogP contribution in [0, 0.1) is 0 Å². The monoisotopic (exact) mass is 226 g/mol. The van der Waals surface area contributed by atoms with Gasteiger partial charge in [-0.3, -0.25) is 9.74 Å². The Hall–Kier alpha value is -1.26.